The number of carbonyl (C=O) groups excluding carboxylic acids is 1. The summed E-state index contributed by atoms with van der Waals surface area (Å²) >= 11 is 0. The number of benzene rings is 3. The van der Waals surface area contributed by atoms with Crippen molar-refractivity contribution in [1.82, 2.24) is 0 Å². The van der Waals surface area contributed by atoms with Gasteiger partial charge in [0.15, 0.2) is 6.61 Å². The summed E-state index contributed by atoms with van der Waals surface area (Å²) in [6.07, 6.45) is 0. The second kappa shape index (κ2) is 6.40. The van der Waals surface area contributed by atoms with Crippen molar-refractivity contribution in [2.75, 3.05) is 19.5 Å². The third-order valence-electron chi connectivity index (χ3n) is 3.65. The number of rotatable bonds is 5. The molecular weight excluding hydrogens is 290 g/mol. The molecule has 0 spiro atoms. The molecule has 0 bridgehead atoms. The minimum atomic E-state index is -0.0827. The van der Waals surface area contributed by atoms with E-state index in [2.05, 4.69) is 0 Å². The highest BCUT2D eigenvalue weighted by molar-refractivity contribution is 6.10. The van der Waals surface area contributed by atoms with E-state index in [-0.39, 0.29) is 12.4 Å². The van der Waals surface area contributed by atoms with Gasteiger partial charge in [0, 0.05) is 16.6 Å². The number of methoxy groups -OCH3 is 1. The van der Waals surface area contributed by atoms with E-state index in [1.165, 1.54) is 0 Å². The molecule has 0 unspecified atom stereocenters. The molecule has 116 valence electrons. The molecular formula is C19H17NO3. The van der Waals surface area contributed by atoms with Gasteiger partial charge in [0.25, 0.3) is 0 Å². The Labute approximate surface area is 134 Å². The highest BCUT2D eigenvalue weighted by Gasteiger charge is 2.13. The van der Waals surface area contributed by atoms with E-state index in [0.29, 0.717) is 17.0 Å². The maximum atomic E-state index is 12.5. The van der Waals surface area contributed by atoms with Gasteiger partial charge >= 0.3 is 0 Å². The number of anilines is 1. The van der Waals surface area contributed by atoms with E-state index < -0.39 is 0 Å². The maximum Gasteiger partial charge on any atom is 0.200 e. The standard InChI is InChI=1S/C19H17NO3/c1-22-19-11-10-16(15-4-2-3-5-17(15)19)18(21)12-23-14-8-6-13(20)7-9-14/h2-11H,12,20H2,1H3. The van der Waals surface area contributed by atoms with Crippen molar-refractivity contribution in [3.8, 4) is 11.5 Å². The molecule has 2 N–H and O–H groups in total. The predicted octanol–water partition coefficient (Wildman–Crippen LogP) is 3.69. The summed E-state index contributed by atoms with van der Waals surface area (Å²) in [5, 5.41) is 1.77. The Morgan fingerprint density at radius 3 is 2.35 bits per heavy atom. The van der Waals surface area contributed by atoms with Gasteiger partial charge in [-0.1, -0.05) is 24.3 Å². The molecule has 4 heteroatoms. The Kier molecular flexibility index (Phi) is 4.15. The molecule has 0 aromatic heterocycles. The van der Waals surface area contributed by atoms with Gasteiger partial charge < -0.3 is 15.2 Å². The molecule has 0 heterocycles. The van der Waals surface area contributed by atoms with Crippen LogP contribution in [0.5, 0.6) is 11.5 Å². The van der Waals surface area contributed by atoms with Crippen molar-refractivity contribution in [2.24, 2.45) is 0 Å². The molecule has 0 aliphatic carbocycles. The van der Waals surface area contributed by atoms with Crippen LogP contribution < -0.4 is 15.2 Å². The number of ether oxygens (including phenoxy) is 2. The average molecular weight is 307 g/mol. The van der Waals surface area contributed by atoms with Crippen LogP contribution in [0, 0.1) is 0 Å². The molecule has 0 atom stereocenters. The van der Waals surface area contributed by atoms with Crippen LogP contribution >= 0.6 is 0 Å². The molecule has 0 saturated heterocycles. The summed E-state index contributed by atoms with van der Waals surface area (Å²) in [5.41, 5.74) is 6.91. The lowest BCUT2D eigenvalue weighted by Gasteiger charge is -2.10. The molecule has 23 heavy (non-hydrogen) atoms. The summed E-state index contributed by atoms with van der Waals surface area (Å²) in [6.45, 7) is -0.0275. The van der Waals surface area contributed by atoms with E-state index in [1.54, 1.807) is 43.5 Å². The highest BCUT2D eigenvalue weighted by Crippen LogP contribution is 2.28. The molecule has 0 fully saturated rings. The van der Waals surface area contributed by atoms with Gasteiger partial charge in [0.1, 0.15) is 11.5 Å². The van der Waals surface area contributed by atoms with Crippen LogP contribution in [0.3, 0.4) is 0 Å². The summed E-state index contributed by atoms with van der Waals surface area (Å²) in [4.78, 5) is 12.5. The van der Waals surface area contributed by atoms with Gasteiger partial charge in [-0.25, -0.2) is 0 Å². The van der Waals surface area contributed by atoms with Crippen LogP contribution in [-0.4, -0.2) is 19.5 Å². The molecule has 4 nitrogen and oxygen atoms in total. The second-order valence-corrected chi connectivity index (χ2v) is 5.14. The summed E-state index contributed by atoms with van der Waals surface area (Å²) in [6, 6.07) is 18.2. The molecule has 0 saturated carbocycles. The quantitative estimate of drug-likeness (QED) is 0.577. The number of Topliss-reactive ketones (excluding diaryl/α,β-unsaturated/α-hetero) is 1. The Morgan fingerprint density at radius 2 is 1.65 bits per heavy atom. The number of carbonyl (C=O) groups is 1. The molecule has 3 rings (SSSR count). The van der Waals surface area contributed by atoms with E-state index in [0.717, 1.165) is 16.5 Å². The third kappa shape index (κ3) is 3.11. The fourth-order valence-corrected chi connectivity index (χ4v) is 2.48. The first-order chi connectivity index (χ1) is 11.2. The summed E-state index contributed by atoms with van der Waals surface area (Å²) in [5.74, 6) is 1.28. The lowest BCUT2D eigenvalue weighted by molar-refractivity contribution is 0.0923. The Hall–Kier alpha value is -3.01. The zero-order valence-corrected chi connectivity index (χ0v) is 12.8. The van der Waals surface area contributed by atoms with E-state index >= 15 is 0 Å². The predicted molar refractivity (Wildman–Crippen MR) is 91.2 cm³/mol. The number of ketones is 1. The summed E-state index contributed by atoms with van der Waals surface area (Å²) in [7, 11) is 1.62. The van der Waals surface area contributed by atoms with Crippen LogP contribution in [0.4, 0.5) is 5.69 Å². The van der Waals surface area contributed by atoms with Crippen LogP contribution in [0.2, 0.25) is 0 Å². The van der Waals surface area contributed by atoms with Gasteiger partial charge in [0.05, 0.1) is 7.11 Å². The fourth-order valence-electron chi connectivity index (χ4n) is 2.48. The van der Waals surface area contributed by atoms with Crippen molar-refractivity contribution >= 4 is 22.2 Å². The molecule has 0 aliphatic rings. The lowest BCUT2D eigenvalue weighted by Crippen LogP contribution is -2.12. The van der Waals surface area contributed by atoms with E-state index in [9.17, 15) is 4.79 Å². The molecule has 3 aromatic rings. The highest BCUT2D eigenvalue weighted by atomic mass is 16.5. The maximum absolute atomic E-state index is 12.5. The number of hydrogen-bond acceptors (Lipinski definition) is 4. The zero-order valence-electron chi connectivity index (χ0n) is 12.8. The van der Waals surface area contributed by atoms with Crippen molar-refractivity contribution < 1.29 is 14.3 Å². The summed E-state index contributed by atoms with van der Waals surface area (Å²) < 4.78 is 10.9. The van der Waals surface area contributed by atoms with Gasteiger partial charge in [-0.2, -0.15) is 0 Å². The van der Waals surface area contributed by atoms with Gasteiger partial charge in [-0.05, 0) is 41.8 Å². The van der Waals surface area contributed by atoms with Crippen molar-refractivity contribution in [2.45, 2.75) is 0 Å². The zero-order chi connectivity index (χ0) is 16.2. The second-order valence-electron chi connectivity index (χ2n) is 5.14. The van der Waals surface area contributed by atoms with E-state index in [4.69, 9.17) is 15.2 Å². The number of hydrogen-bond donors (Lipinski definition) is 1. The largest absolute Gasteiger partial charge is 0.496 e. The van der Waals surface area contributed by atoms with Crippen LogP contribution in [0.15, 0.2) is 60.7 Å². The monoisotopic (exact) mass is 307 g/mol. The number of nitrogen functional groups attached to an aromatic ring is 1. The van der Waals surface area contributed by atoms with Crippen LogP contribution in [0.1, 0.15) is 10.4 Å². The lowest BCUT2D eigenvalue weighted by atomic mass is 10.0. The first-order valence-electron chi connectivity index (χ1n) is 7.26. The third-order valence-corrected chi connectivity index (χ3v) is 3.65. The molecule has 0 radical (unpaired) electrons. The SMILES string of the molecule is COc1ccc(C(=O)COc2ccc(N)cc2)c2ccccc12. The van der Waals surface area contributed by atoms with E-state index in [1.807, 2.05) is 24.3 Å². The average Bonchev–Trinajstić information content (AvgIpc) is 2.60. The Morgan fingerprint density at radius 1 is 0.957 bits per heavy atom. The van der Waals surface area contributed by atoms with Gasteiger partial charge in [0.2, 0.25) is 5.78 Å². The number of nitrogens with two attached hydrogens (primary N) is 1. The van der Waals surface area contributed by atoms with Crippen LogP contribution in [0.25, 0.3) is 10.8 Å². The number of fused-ring (bicyclic) bond motifs is 1. The first-order valence-corrected chi connectivity index (χ1v) is 7.26. The van der Waals surface area contributed by atoms with Crippen molar-refractivity contribution in [3.63, 3.8) is 0 Å². The van der Waals surface area contributed by atoms with Crippen LogP contribution in [-0.2, 0) is 0 Å². The topological polar surface area (TPSA) is 61.5 Å². The first kappa shape index (κ1) is 14.9. The van der Waals surface area contributed by atoms with Gasteiger partial charge in [-0.15, -0.1) is 0 Å². The van der Waals surface area contributed by atoms with Crippen molar-refractivity contribution in [1.29, 1.82) is 0 Å². The Bertz CT molecular complexity index is 841. The normalized spacial score (nSPS) is 10.5. The molecule has 3 aromatic carbocycles. The Balaban J connectivity index is 1.85. The fraction of sp³-hybridized carbons (Fsp3) is 0.105. The smallest absolute Gasteiger partial charge is 0.200 e. The molecule has 0 amide bonds. The van der Waals surface area contributed by atoms with Crippen molar-refractivity contribution in [3.05, 3.63) is 66.2 Å². The van der Waals surface area contributed by atoms with Gasteiger partial charge in [-0.3, -0.25) is 4.79 Å². The minimum absolute atomic E-state index is 0.0275. The minimum Gasteiger partial charge on any atom is -0.496 e. The molecule has 0 aliphatic heterocycles.